The Morgan fingerprint density at radius 2 is 2.00 bits per heavy atom. The van der Waals surface area contributed by atoms with E-state index in [1.54, 1.807) is 36.2 Å². The smallest absolute Gasteiger partial charge is 0.306 e. The van der Waals surface area contributed by atoms with E-state index in [-0.39, 0.29) is 30.6 Å². The van der Waals surface area contributed by atoms with Gasteiger partial charge in [0.2, 0.25) is 5.91 Å². The maximum absolute atomic E-state index is 11.9. The van der Waals surface area contributed by atoms with E-state index in [1.165, 1.54) is 14.0 Å². The number of esters is 1. The van der Waals surface area contributed by atoms with Crippen molar-refractivity contribution < 1.29 is 19.1 Å². The molecule has 0 atom stereocenters. The minimum Gasteiger partial charge on any atom is -0.469 e. The van der Waals surface area contributed by atoms with Gasteiger partial charge in [0, 0.05) is 17.8 Å². The van der Waals surface area contributed by atoms with Gasteiger partial charge in [0.15, 0.2) is 5.78 Å². The Morgan fingerprint density at radius 3 is 2.62 bits per heavy atom. The topological polar surface area (TPSA) is 75.7 Å². The van der Waals surface area contributed by atoms with Gasteiger partial charge in [-0.3, -0.25) is 19.3 Å². The van der Waals surface area contributed by atoms with Crippen molar-refractivity contribution in [1.82, 2.24) is 4.90 Å². The van der Waals surface area contributed by atoms with Crippen LogP contribution in [0.2, 0.25) is 0 Å². The number of nitrogens with zero attached hydrogens (tertiary/aromatic N) is 1. The first-order valence-electron chi connectivity index (χ1n) is 6.58. The van der Waals surface area contributed by atoms with Gasteiger partial charge in [0.05, 0.1) is 20.1 Å². The van der Waals surface area contributed by atoms with Crippen LogP contribution in [0, 0.1) is 0 Å². The molecule has 0 aliphatic heterocycles. The van der Waals surface area contributed by atoms with E-state index in [2.05, 4.69) is 10.1 Å². The maximum atomic E-state index is 11.9. The third-order valence-electron chi connectivity index (χ3n) is 2.89. The first kappa shape index (κ1) is 16.8. The van der Waals surface area contributed by atoms with Gasteiger partial charge in [-0.05, 0) is 26.1 Å². The Hall–Kier alpha value is -2.21. The molecule has 1 aromatic carbocycles. The number of likely N-dealkylation sites (N-methyl/N-ethyl adjacent to an activating group) is 1. The summed E-state index contributed by atoms with van der Waals surface area (Å²) in [6, 6.07) is 6.77. The molecule has 0 heterocycles. The Morgan fingerprint density at radius 1 is 1.29 bits per heavy atom. The number of amides is 1. The SMILES string of the molecule is COC(=O)CCN(C)CC(=O)Nc1cccc(C(C)=O)c1. The lowest BCUT2D eigenvalue weighted by Gasteiger charge is -2.15. The molecular weight excluding hydrogens is 272 g/mol. The molecule has 1 amide bonds. The average Bonchev–Trinajstić information content (AvgIpc) is 2.44. The average molecular weight is 292 g/mol. The van der Waals surface area contributed by atoms with E-state index in [0.29, 0.717) is 17.8 Å². The number of nitrogens with one attached hydrogen (secondary N) is 1. The van der Waals surface area contributed by atoms with Gasteiger partial charge in [0.1, 0.15) is 0 Å². The third kappa shape index (κ3) is 6.18. The summed E-state index contributed by atoms with van der Waals surface area (Å²) in [6.45, 7) is 2.07. The number of ether oxygens (including phenoxy) is 1. The molecule has 1 aromatic rings. The molecule has 21 heavy (non-hydrogen) atoms. The highest BCUT2D eigenvalue weighted by Gasteiger charge is 2.10. The molecule has 1 rings (SSSR count). The Labute approximate surface area is 124 Å². The number of carbonyl (C=O) groups excluding carboxylic acids is 3. The van der Waals surface area contributed by atoms with Gasteiger partial charge in [-0.2, -0.15) is 0 Å². The summed E-state index contributed by atoms with van der Waals surface area (Å²) in [4.78, 5) is 35.9. The van der Waals surface area contributed by atoms with Crippen molar-refractivity contribution in [3.05, 3.63) is 29.8 Å². The van der Waals surface area contributed by atoms with Crippen LogP contribution in [0.25, 0.3) is 0 Å². The number of anilines is 1. The van der Waals surface area contributed by atoms with Crippen LogP contribution < -0.4 is 5.32 Å². The predicted octanol–water partition coefficient (Wildman–Crippen LogP) is 1.32. The summed E-state index contributed by atoms with van der Waals surface area (Å²) in [6.07, 6.45) is 0.236. The van der Waals surface area contributed by atoms with Crippen molar-refractivity contribution >= 4 is 23.3 Å². The number of ketones is 1. The molecule has 0 saturated heterocycles. The van der Waals surface area contributed by atoms with Crippen LogP contribution in [0.3, 0.4) is 0 Å². The Kier molecular flexibility index (Phi) is 6.55. The molecule has 0 saturated carbocycles. The maximum Gasteiger partial charge on any atom is 0.306 e. The van der Waals surface area contributed by atoms with Crippen LogP contribution in [0.15, 0.2) is 24.3 Å². The van der Waals surface area contributed by atoms with E-state index in [9.17, 15) is 14.4 Å². The van der Waals surface area contributed by atoms with Crippen molar-refractivity contribution in [1.29, 1.82) is 0 Å². The number of rotatable bonds is 7. The van der Waals surface area contributed by atoms with Crippen LogP contribution in [0.4, 0.5) is 5.69 Å². The van der Waals surface area contributed by atoms with Gasteiger partial charge >= 0.3 is 5.97 Å². The molecule has 0 fully saturated rings. The van der Waals surface area contributed by atoms with E-state index < -0.39 is 0 Å². The van der Waals surface area contributed by atoms with Gasteiger partial charge in [-0.15, -0.1) is 0 Å². The molecule has 0 unspecified atom stereocenters. The molecule has 1 N–H and O–H groups in total. The lowest BCUT2D eigenvalue weighted by Crippen LogP contribution is -2.31. The number of benzene rings is 1. The normalized spacial score (nSPS) is 10.3. The number of hydrogen-bond donors (Lipinski definition) is 1. The number of Topliss-reactive ketones (excluding diaryl/α,β-unsaturated/α-hetero) is 1. The van der Waals surface area contributed by atoms with Crippen LogP contribution in [-0.4, -0.2) is 49.8 Å². The molecule has 0 radical (unpaired) electrons. The molecule has 6 nitrogen and oxygen atoms in total. The third-order valence-corrected chi connectivity index (χ3v) is 2.89. The Bertz CT molecular complexity index is 528. The van der Waals surface area contributed by atoms with Crippen molar-refractivity contribution in [2.24, 2.45) is 0 Å². The minimum atomic E-state index is -0.309. The van der Waals surface area contributed by atoms with Crippen molar-refractivity contribution in [2.75, 3.05) is 32.6 Å². The van der Waals surface area contributed by atoms with E-state index in [1.807, 2.05) is 0 Å². The summed E-state index contributed by atoms with van der Waals surface area (Å²) in [5, 5.41) is 2.72. The molecule has 0 spiro atoms. The number of methoxy groups -OCH3 is 1. The van der Waals surface area contributed by atoms with Gasteiger partial charge < -0.3 is 10.1 Å². The van der Waals surface area contributed by atoms with Crippen LogP contribution in [-0.2, 0) is 14.3 Å². The summed E-state index contributed by atoms with van der Waals surface area (Å²) < 4.78 is 4.54. The van der Waals surface area contributed by atoms with Gasteiger partial charge in [0.25, 0.3) is 0 Å². The minimum absolute atomic E-state index is 0.0544. The van der Waals surface area contributed by atoms with Crippen molar-refractivity contribution in [2.45, 2.75) is 13.3 Å². The quantitative estimate of drug-likeness (QED) is 0.606. The fraction of sp³-hybridized carbons (Fsp3) is 0.400. The predicted molar refractivity (Wildman–Crippen MR) is 79.2 cm³/mol. The zero-order chi connectivity index (χ0) is 15.8. The second kappa shape index (κ2) is 8.16. The summed E-state index contributed by atoms with van der Waals surface area (Å²) >= 11 is 0. The number of carbonyl (C=O) groups is 3. The van der Waals surface area contributed by atoms with E-state index in [4.69, 9.17) is 0 Å². The van der Waals surface area contributed by atoms with Crippen molar-refractivity contribution in [3.63, 3.8) is 0 Å². The molecule has 6 heteroatoms. The van der Waals surface area contributed by atoms with Crippen LogP contribution >= 0.6 is 0 Å². The zero-order valence-corrected chi connectivity index (χ0v) is 12.5. The Balaban J connectivity index is 2.48. The first-order chi connectivity index (χ1) is 9.92. The fourth-order valence-corrected chi connectivity index (χ4v) is 1.72. The molecule has 0 aliphatic carbocycles. The highest BCUT2D eigenvalue weighted by molar-refractivity contribution is 5.97. The van der Waals surface area contributed by atoms with E-state index >= 15 is 0 Å². The molecule has 0 aromatic heterocycles. The molecular formula is C15H20N2O4. The lowest BCUT2D eigenvalue weighted by molar-refractivity contribution is -0.141. The highest BCUT2D eigenvalue weighted by Crippen LogP contribution is 2.11. The standard InChI is InChI=1S/C15H20N2O4/c1-11(18)12-5-4-6-13(9-12)16-14(19)10-17(2)8-7-15(20)21-3/h4-6,9H,7-8,10H2,1-3H3,(H,16,19). The number of hydrogen-bond acceptors (Lipinski definition) is 5. The van der Waals surface area contributed by atoms with Crippen LogP contribution in [0.1, 0.15) is 23.7 Å². The zero-order valence-electron chi connectivity index (χ0n) is 12.5. The fourth-order valence-electron chi connectivity index (χ4n) is 1.72. The molecule has 0 bridgehead atoms. The van der Waals surface area contributed by atoms with Gasteiger partial charge in [-0.25, -0.2) is 0 Å². The van der Waals surface area contributed by atoms with E-state index in [0.717, 1.165) is 0 Å². The first-order valence-corrected chi connectivity index (χ1v) is 6.58. The summed E-state index contributed by atoms with van der Waals surface area (Å²) in [5.74, 6) is -0.569. The molecule has 0 aliphatic rings. The van der Waals surface area contributed by atoms with Gasteiger partial charge in [-0.1, -0.05) is 12.1 Å². The second-order valence-electron chi connectivity index (χ2n) is 4.75. The lowest BCUT2D eigenvalue weighted by atomic mass is 10.1. The summed E-state index contributed by atoms with van der Waals surface area (Å²) in [7, 11) is 3.07. The molecule has 114 valence electrons. The van der Waals surface area contributed by atoms with Crippen LogP contribution in [0.5, 0.6) is 0 Å². The van der Waals surface area contributed by atoms with Crippen molar-refractivity contribution in [3.8, 4) is 0 Å². The largest absolute Gasteiger partial charge is 0.469 e. The summed E-state index contributed by atoms with van der Waals surface area (Å²) in [5.41, 5.74) is 1.13. The monoisotopic (exact) mass is 292 g/mol. The second-order valence-corrected chi connectivity index (χ2v) is 4.75. The highest BCUT2D eigenvalue weighted by atomic mass is 16.5.